The second kappa shape index (κ2) is 7.07. The van der Waals surface area contributed by atoms with Gasteiger partial charge in [0.05, 0.1) is 6.54 Å². The molecule has 1 saturated heterocycles. The molecule has 0 aromatic heterocycles. The average Bonchev–Trinajstić information content (AvgIpc) is 2.45. The van der Waals surface area contributed by atoms with E-state index in [0.717, 1.165) is 36.8 Å². The van der Waals surface area contributed by atoms with Crippen molar-refractivity contribution in [3.8, 4) is 0 Å². The molecule has 0 saturated carbocycles. The van der Waals surface area contributed by atoms with Crippen molar-refractivity contribution in [2.75, 3.05) is 39.8 Å². The molecule has 1 aromatic carbocycles. The summed E-state index contributed by atoms with van der Waals surface area (Å²) >= 11 is 5.98. The van der Waals surface area contributed by atoms with Crippen molar-refractivity contribution in [1.29, 1.82) is 0 Å². The molecule has 1 aliphatic rings. The Balaban J connectivity index is 1.81. The first-order valence-electron chi connectivity index (χ1n) is 7.01. The Kier molecular flexibility index (Phi) is 5.40. The van der Waals surface area contributed by atoms with E-state index in [1.807, 2.05) is 36.1 Å². The third-order valence-corrected chi connectivity index (χ3v) is 4.00. The molecule has 20 heavy (non-hydrogen) atoms. The van der Waals surface area contributed by atoms with Gasteiger partial charge in [-0.1, -0.05) is 23.7 Å². The highest BCUT2D eigenvalue weighted by Gasteiger charge is 2.19. The van der Waals surface area contributed by atoms with Gasteiger partial charge in [-0.3, -0.25) is 4.79 Å². The minimum atomic E-state index is 0.116. The number of benzene rings is 1. The van der Waals surface area contributed by atoms with Crippen molar-refractivity contribution in [3.63, 3.8) is 0 Å². The molecule has 110 valence electrons. The van der Waals surface area contributed by atoms with Crippen LogP contribution in [0.4, 0.5) is 0 Å². The maximum atomic E-state index is 12.1. The van der Waals surface area contributed by atoms with Crippen molar-refractivity contribution >= 4 is 17.5 Å². The van der Waals surface area contributed by atoms with Crippen LogP contribution < -0.4 is 5.32 Å². The SMILES string of the molecule is C[C@H](NCC(=O)N1CCN(C)CC1)c1cccc(Cl)c1. The van der Waals surface area contributed by atoms with E-state index in [1.54, 1.807) is 0 Å². The van der Waals surface area contributed by atoms with Crippen LogP contribution in [0.15, 0.2) is 24.3 Å². The van der Waals surface area contributed by atoms with E-state index in [0.29, 0.717) is 6.54 Å². The van der Waals surface area contributed by atoms with Gasteiger partial charge in [-0.2, -0.15) is 0 Å². The lowest BCUT2D eigenvalue weighted by molar-refractivity contribution is -0.131. The zero-order chi connectivity index (χ0) is 14.5. The van der Waals surface area contributed by atoms with Gasteiger partial charge in [0.25, 0.3) is 0 Å². The van der Waals surface area contributed by atoms with Gasteiger partial charge in [-0.05, 0) is 31.7 Å². The maximum absolute atomic E-state index is 12.1. The summed E-state index contributed by atoms with van der Waals surface area (Å²) in [7, 11) is 2.08. The molecule has 1 atom stereocenters. The van der Waals surface area contributed by atoms with Gasteiger partial charge < -0.3 is 15.1 Å². The van der Waals surface area contributed by atoms with Crippen LogP contribution in [0.5, 0.6) is 0 Å². The monoisotopic (exact) mass is 295 g/mol. The molecule has 1 fully saturated rings. The molecule has 2 rings (SSSR count). The zero-order valence-corrected chi connectivity index (χ0v) is 12.9. The minimum Gasteiger partial charge on any atom is -0.339 e. The Morgan fingerprint density at radius 2 is 2.05 bits per heavy atom. The van der Waals surface area contributed by atoms with Crippen LogP contribution in [0, 0.1) is 0 Å². The third kappa shape index (κ3) is 4.20. The van der Waals surface area contributed by atoms with E-state index in [-0.39, 0.29) is 11.9 Å². The second-order valence-electron chi connectivity index (χ2n) is 5.34. The topological polar surface area (TPSA) is 35.6 Å². The number of piperazine rings is 1. The van der Waals surface area contributed by atoms with Gasteiger partial charge in [-0.15, -0.1) is 0 Å². The normalized spacial score (nSPS) is 18.1. The molecule has 1 aromatic rings. The molecule has 0 aliphatic carbocycles. The number of amides is 1. The van der Waals surface area contributed by atoms with Crippen molar-refractivity contribution in [3.05, 3.63) is 34.9 Å². The summed E-state index contributed by atoms with van der Waals surface area (Å²) in [6.07, 6.45) is 0. The van der Waals surface area contributed by atoms with Gasteiger partial charge in [0, 0.05) is 37.2 Å². The maximum Gasteiger partial charge on any atom is 0.236 e. The molecule has 5 heteroatoms. The standard InChI is InChI=1S/C15H22ClN3O/c1-12(13-4-3-5-14(16)10-13)17-11-15(20)19-8-6-18(2)7-9-19/h3-5,10,12,17H,6-9,11H2,1-2H3/t12-/m0/s1. The fraction of sp³-hybridized carbons (Fsp3) is 0.533. The van der Waals surface area contributed by atoms with Crippen LogP contribution in [0.25, 0.3) is 0 Å². The summed E-state index contributed by atoms with van der Waals surface area (Å²) < 4.78 is 0. The highest BCUT2D eigenvalue weighted by atomic mass is 35.5. The van der Waals surface area contributed by atoms with E-state index in [2.05, 4.69) is 17.3 Å². The number of nitrogens with one attached hydrogen (secondary N) is 1. The lowest BCUT2D eigenvalue weighted by Gasteiger charge is -2.32. The van der Waals surface area contributed by atoms with Gasteiger partial charge >= 0.3 is 0 Å². The van der Waals surface area contributed by atoms with Crippen LogP contribution in [-0.4, -0.2) is 55.5 Å². The fourth-order valence-electron chi connectivity index (χ4n) is 2.30. The highest BCUT2D eigenvalue weighted by molar-refractivity contribution is 6.30. The summed E-state index contributed by atoms with van der Waals surface area (Å²) in [5, 5.41) is 3.99. The Hall–Kier alpha value is -1.10. The largest absolute Gasteiger partial charge is 0.339 e. The summed E-state index contributed by atoms with van der Waals surface area (Å²) in [4.78, 5) is 16.3. The Labute approximate surface area is 125 Å². The summed E-state index contributed by atoms with van der Waals surface area (Å²) in [6, 6.07) is 7.85. The van der Waals surface area contributed by atoms with Crippen LogP contribution >= 0.6 is 11.6 Å². The number of carbonyl (C=O) groups is 1. The molecule has 1 N–H and O–H groups in total. The summed E-state index contributed by atoms with van der Waals surface area (Å²) in [5.74, 6) is 0.173. The van der Waals surface area contributed by atoms with Gasteiger partial charge in [0.2, 0.25) is 5.91 Å². The number of nitrogens with zero attached hydrogens (tertiary/aromatic N) is 2. The smallest absolute Gasteiger partial charge is 0.236 e. The summed E-state index contributed by atoms with van der Waals surface area (Å²) in [5.41, 5.74) is 1.10. The van der Waals surface area contributed by atoms with Gasteiger partial charge in [0.15, 0.2) is 0 Å². The van der Waals surface area contributed by atoms with E-state index >= 15 is 0 Å². The first-order valence-corrected chi connectivity index (χ1v) is 7.39. The molecule has 0 spiro atoms. The molecule has 0 unspecified atom stereocenters. The lowest BCUT2D eigenvalue weighted by atomic mass is 10.1. The Bertz CT molecular complexity index is 458. The van der Waals surface area contributed by atoms with Crippen LogP contribution in [-0.2, 0) is 4.79 Å². The Morgan fingerprint density at radius 3 is 2.70 bits per heavy atom. The molecule has 1 aliphatic heterocycles. The highest BCUT2D eigenvalue weighted by Crippen LogP contribution is 2.17. The quantitative estimate of drug-likeness (QED) is 0.919. The molecular weight excluding hydrogens is 274 g/mol. The van der Waals surface area contributed by atoms with Gasteiger partial charge in [-0.25, -0.2) is 0 Å². The van der Waals surface area contributed by atoms with E-state index in [9.17, 15) is 4.79 Å². The zero-order valence-electron chi connectivity index (χ0n) is 12.1. The molecule has 1 amide bonds. The van der Waals surface area contributed by atoms with Crippen molar-refractivity contribution in [2.24, 2.45) is 0 Å². The number of hydrogen-bond acceptors (Lipinski definition) is 3. The van der Waals surface area contributed by atoms with E-state index in [4.69, 9.17) is 11.6 Å². The number of rotatable bonds is 4. The predicted octanol–water partition coefficient (Wildman–Crippen LogP) is 1.76. The number of halogens is 1. The number of hydrogen-bond donors (Lipinski definition) is 1. The molecule has 1 heterocycles. The number of likely N-dealkylation sites (N-methyl/N-ethyl adjacent to an activating group) is 1. The third-order valence-electron chi connectivity index (χ3n) is 3.76. The molecule has 4 nitrogen and oxygen atoms in total. The summed E-state index contributed by atoms with van der Waals surface area (Å²) in [6.45, 7) is 5.97. The second-order valence-corrected chi connectivity index (χ2v) is 5.78. The predicted molar refractivity (Wildman–Crippen MR) is 81.9 cm³/mol. The lowest BCUT2D eigenvalue weighted by Crippen LogP contribution is -2.49. The van der Waals surface area contributed by atoms with E-state index in [1.165, 1.54) is 0 Å². The van der Waals surface area contributed by atoms with Crippen molar-refractivity contribution in [1.82, 2.24) is 15.1 Å². The average molecular weight is 296 g/mol. The van der Waals surface area contributed by atoms with Crippen LogP contribution in [0.1, 0.15) is 18.5 Å². The minimum absolute atomic E-state index is 0.116. The van der Waals surface area contributed by atoms with Gasteiger partial charge in [0.1, 0.15) is 0 Å². The fourth-order valence-corrected chi connectivity index (χ4v) is 2.50. The molecular formula is C15H22ClN3O. The van der Waals surface area contributed by atoms with E-state index < -0.39 is 0 Å². The number of carbonyl (C=O) groups excluding carboxylic acids is 1. The molecule has 0 radical (unpaired) electrons. The molecule has 0 bridgehead atoms. The van der Waals surface area contributed by atoms with Crippen LogP contribution in [0.2, 0.25) is 5.02 Å². The van der Waals surface area contributed by atoms with Crippen LogP contribution in [0.3, 0.4) is 0 Å². The first-order chi connectivity index (χ1) is 9.56. The van der Waals surface area contributed by atoms with Crippen molar-refractivity contribution < 1.29 is 4.79 Å². The first kappa shape index (κ1) is 15.3. The van der Waals surface area contributed by atoms with Crippen molar-refractivity contribution in [2.45, 2.75) is 13.0 Å². The Morgan fingerprint density at radius 1 is 1.35 bits per heavy atom.